The number of ketones is 1. The summed E-state index contributed by atoms with van der Waals surface area (Å²) in [6.07, 6.45) is 1.60. The summed E-state index contributed by atoms with van der Waals surface area (Å²) in [5.41, 5.74) is -0.0688. The summed E-state index contributed by atoms with van der Waals surface area (Å²) in [4.78, 5) is 46.4. The average molecular weight is 593 g/mol. The molecule has 1 saturated heterocycles. The Kier molecular flexibility index (Phi) is 12.6. The van der Waals surface area contributed by atoms with Gasteiger partial charge in [0.1, 0.15) is 17.3 Å². The van der Waals surface area contributed by atoms with Crippen LogP contribution in [0.3, 0.4) is 0 Å². The molecular formula is C31H52N4O7. The number of rotatable bonds is 11. The second-order valence-electron chi connectivity index (χ2n) is 13.5. The van der Waals surface area contributed by atoms with Crippen LogP contribution in [0.2, 0.25) is 0 Å². The van der Waals surface area contributed by atoms with Crippen molar-refractivity contribution < 1.29 is 33.7 Å². The lowest BCUT2D eigenvalue weighted by Crippen LogP contribution is -2.49. The molecule has 3 atom stereocenters. The zero-order chi connectivity index (χ0) is 31.8. The van der Waals surface area contributed by atoms with Crippen LogP contribution in [0.1, 0.15) is 68.2 Å². The molecule has 42 heavy (non-hydrogen) atoms. The van der Waals surface area contributed by atoms with Crippen LogP contribution in [0, 0.1) is 23.2 Å². The molecule has 0 radical (unpaired) electrons. The Balaban J connectivity index is 2.53. The zero-order valence-corrected chi connectivity index (χ0v) is 27.1. The van der Waals surface area contributed by atoms with Gasteiger partial charge in [-0.1, -0.05) is 40.7 Å². The first-order valence-corrected chi connectivity index (χ1v) is 14.7. The minimum Gasteiger partial charge on any atom is -0.469 e. The number of carbonyl (C=O) groups is 3. The van der Waals surface area contributed by atoms with Crippen LogP contribution < -0.4 is 10.6 Å². The van der Waals surface area contributed by atoms with E-state index in [2.05, 4.69) is 24.5 Å². The van der Waals surface area contributed by atoms with E-state index in [1.165, 1.54) is 19.1 Å². The van der Waals surface area contributed by atoms with E-state index in [4.69, 9.17) is 19.2 Å². The van der Waals surface area contributed by atoms with Crippen molar-refractivity contribution in [2.45, 2.75) is 79.9 Å². The molecule has 3 N–H and O–H groups in total. The highest BCUT2D eigenvalue weighted by molar-refractivity contribution is 6.10. The number of amidine groups is 1. The smallest absolute Gasteiger partial charge is 0.410 e. The number of allylic oxidation sites excluding steroid dienone is 1. The molecular weight excluding hydrogens is 540 g/mol. The Morgan fingerprint density at radius 1 is 1.12 bits per heavy atom. The van der Waals surface area contributed by atoms with Gasteiger partial charge in [-0.2, -0.15) is 0 Å². The lowest BCUT2D eigenvalue weighted by Gasteiger charge is -2.38. The fourth-order valence-corrected chi connectivity index (χ4v) is 4.82. The van der Waals surface area contributed by atoms with E-state index in [1.54, 1.807) is 20.8 Å². The minimum atomic E-state index is -0.782. The molecule has 0 bridgehead atoms. The highest BCUT2D eigenvalue weighted by Crippen LogP contribution is 2.33. The van der Waals surface area contributed by atoms with Gasteiger partial charge in [-0.3, -0.25) is 14.6 Å². The van der Waals surface area contributed by atoms with Crippen molar-refractivity contribution in [3.63, 3.8) is 0 Å². The van der Waals surface area contributed by atoms with Crippen molar-refractivity contribution in [1.82, 2.24) is 15.5 Å². The summed E-state index contributed by atoms with van der Waals surface area (Å²) < 4.78 is 15.7. The standard InChI is InChI=1S/C31H52N4O7/c1-19(2)11-12-23(20-13-21(27(38)41-10)17-35(16-20)29(39)42-31(6,7)8)25(37)24-15-33-28(30(3,4)5)34-26(24)32-14-22(36)18-40-9/h12,19-22,32,36H,11,13-18H2,1-10H3,(H,33,34)/b23-12-. The molecule has 0 spiro atoms. The number of Topliss-reactive ketones (excluding diaryl/α,β-unsaturated/α-hetero) is 1. The maximum absolute atomic E-state index is 14.4. The van der Waals surface area contributed by atoms with E-state index in [0.29, 0.717) is 29.8 Å². The van der Waals surface area contributed by atoms with Crippen molar-refractivity contribution in [3.05, 3.63) is 23.0 Å². The van der Waals surface area contributed by atoms with Gasteiger partial charge in [-0.05, 0) is 39.5 Å². The molecule has 0 aromatic heterocycles. The molecule has 2 rings (SSSR count). The van der Waals surface area contributed by atoms with Crippen LogP contribution in [0.15, 0.2) is 28.0 Å². The highest BCUT2D eigenvalue weighted by atomic mass is 16.6. The second kappa shape index (κ2) is 15.0. The van der Waals surface area contributed by atoms with E-state index >= 15 is 0 Å². The van der Waals surface area contributed by atoms with Crippen molar-refractivity contribution in [3.8, 4) is 0 Å². The number of carbonyl (C=O) groups excluding carboxylic acids is 3. The quantitative estimate of drug-likeness (QED) is 0.243. The van der Waals surface area contributed by atoms with Crippen LogP contribution in [-0.4, -0.2) is 92.4 Å². The maximum Gasteiger partial charge on any atom is 0.410 e. The van der Waals surface area contributed by atoms with Gasteiger partial charge >= 0.3 is 12.1 Å². The molecule has 2 aliphatic heterocycles. The maximum atomic E-state index is 14.4. The number of likely N-dealkylation sites (tertiary alicyclic amines) is 1. The number of aliphatic hydroxyl groups excluding tert-OH is 1. The number of nitrogens with one attached hydrogen (secondary N) is 2. The number of esters is 1. The average Bonchev–Trinajstić information content (AvgIpc) is 2.89. The number of ether oxygens (including phenoxy) is 3. The summed E-state index contributed by atoms with van der Waals surface area (Å²) in [5.74, 6) is -0.213. The molecule has 0 aliphatic carbocycles. The first kappa shape index (κ1) is 35.3. The molecule has 0 saturated carbocycles. The number of piperidine rings is 1. The van der Waals surface area contributed by atoms with Gasteiger partial charge in [0.15, 0.2) is 5.78 Å². The third-order valence-electron chi connectivity index (χ3n) is 6.95. The molecule has 0 aromatic carbocycles. The highest BCUT2D eigenvalue weighted by Gasteiger charge is 2.40. The topological polar surface area (TPSA) is 139 Å². The third-order valence-corrected chi connectivity index (χ3v) is 6.95. The van der Waals surface area contributed by atoms with Gasteiger partial charge in [0.05, 0.1) is 37.9 Å². The van der Waals surface area contributed by atoms with E-state index in [-0.39, 0.29) is 49.9 Å². The number of hydrogen-bond acceptors (Lipinski definition) is 10. The monoisotopic (exact) mass is 592 g/mol. The first-order valence-electron chi connectivity index (χ1n) is 14.7. The summed E-state index contributed by atoms with van der Waals surface area (Å²) in [5, 5.41) is 16.8. The molecule has 1 amide bonds. The molecule has 3 unspecified atom stereocenters. The largest absolute Gasteiger partial charge is 0.469 e. The number of amides is 1. The summed E-state index contributed by atoms with van der Waals surface area (Å²) >= 11 is 0. The predicted molar refractivity (Wildman–Crippen MR) is 162 cm³/mol. The minimum absolute atomic E-state index is 0.140. The third kappa shape index (κ3) is 10.4. The van der Waals surface area contributed by atoms with Gasteiger partial charge in [0, 0.05) is 43.7 Å². The summed E-state index contributed by atoms with van der Waals surface area (Å²) in [6.45, 7) is 16.4. The Morgan fingerprint density at radius 2 is 1.76 bits per heavy atom. The number of nitrogens with zero attached hydrogens (tertiary/aromatic N) is 2. The molecule has 1 fully saturated rings. The molecule has 11 nitrogen and oxygen atoms in total. The van der Waals surface area contributed by atoms with Gasteiger partial charge in [0.2, 0.25) is 0 Å². The number of hydrogen-bond donors (Lipinski definition) is 3. The molecule has 2 heterocycles. The predicted octanol–water partition coefficient (Wildman–Crippen LogP) is 3.43. The molecule has 238 valence electrons. The van der Waals surface area contributed by atoms with Crippen LogP contribution in [0.5, 0.6) is 0 Å². The van der Waals surface area contributed by atoms with Crippen LogP contribution in [0.25, 0.3) is 0 Å². The molecule has 0 aromatic rings. The van der Waals surface area contributed by atoms with E-state index in [1.807, 2.05) is 26.8 Å². The van der Waals surface area contributed by atoms with Gasteiger partial charge in [0.25, 0.3) is 0 Å². The number of aliphatic hydroxyl groups is 1. The van der Waals surface area contributed by atoms with Crippen LogP contribution >= 0.6 is 0 Å². The SMILES string of the molecule is COCC(O)CNC1=C(C(=O)/C(=C\CC(C)C)C2CC(C(=O)OC)CN(C(=O)OC(C)(C)C)C2)CN=C(C(C)(C)C)N1. The van der Waals surface area contributed by atoms with Crippen LogP contribution in [0.4, 0.5) is 4.79 Å². The summed E-state index contributed by atoms with van der Waals surface area (Å²) in [6, 6.07) is 0. The van der Waals surface area contributed by atoms with Crippen molar-refractivity contribution in [2.75, 3.05) is 47.0 Å². The summed E-state index contributed by atoms with van der Waals surface area (Å²) in [7, 11) is 2.84. The van der Waals surface area contributed by atoms with Gasteiger partial charge in [-0.15, -0.1) is 0 Å². The fraction of sp³-hybridized carbons (Fsp3) is 0.742. The first-order chi connectivity index (χ1) is 19.5. The van der Waals surface area contributed by atoms with Crippen molar-refractivity contribution in [2.24, 2.45) is 28.2 Å². The molecule has 11 heteroatoms. The fourth-order valence-electron chi connectivity index (χ4n) is 4.82. The van der Waals surface area contributed by atoms with Gasteiger partial charge < -0.3 is 34.9 Å². The number of aliphatic imine (C=N–C) groups is 1. The lowest BCUT2D eigenvalue weighted by atomic mass is 9.80. The van der Waals surface area contributed by atoms with E-state index < -0.39 is 35.6 Å². The van der Waals surface area contributed by atoms with Crippen molar-refractivity contribution >= 4 is 23.7 Å². The Morgan fingerprint density at radius 3 is 2.31 bits per heavy atom. The van der Waals surface area contributed by atoms with Crippen LogP contribution in [-0.2, 0) is 23.8 Å². The normalized spacial score (nSPS) is 21.0. The molecule has 2 aliphatic rings. The van der Waals surface area contributed by atoms with Crippen molar-refractivity contribution in [1.29, 1.82) is 0 Å². The van der Waals surface area contributed by atoms with E-state index in [0.717, 1.165) is 5.84 Å². The Labute approximate surface area is 251 Å². The Hall–Kier alpha value is -2.92. The Bertz CT molecular complexity index is 1070. The zero-order valence-electron chi connectivity index (χ0n) is 27.1. The van der Waals surface area contributed by atoms with E-state index in [9.17, 15) is 19.5 Å². The lowest BCUT2D eigenvalue weighted by molar-refractivity contribution is -0.147. The van der Waals surface area contributed by atoms with Gasteiger partial charge in [-0.25, -0.2) is 4.79 Å². The number of methoxy groups -OCH3 is 2. The second-order valence-corrected chi connectivity index (χ2v) is 13.5.